The van der Waals surface area contributed by atoms with Crippen molar-refractivity contribution in [2.75, 3.05) is 12.4 Å². The molecule has 0 saturated heterocycles. The number of nitrogens with zero attached hydrogens (tertiary/aromatic N) is 1. The molecule has 1 heterocycles. The first kappa shape index (κ1) is 12.8. The first-order valence-corrected chi connectivity index (χ1v) is 6.16. The van der Waals surface area contributed by atoms with Gasteiger partial charge in [-0.2, -0.15) is 0 Å². The lowest BCUT2D eigenvalue weighted by Gasteiger charge is -2.08. The Morgan fingerprint density at radius 1 is 1.33 bits per heavy atom. The molecule has 5 heteroatoms. The third-order valence-corrected chi connectivity index (χ3v) is 2.91. The van der Waals surface area contributed by atoms with Crippen molar-refractivity contribution < 1.29 is 9.13 Å². The van der Waals surface area contributed by atoms with Gasteiger partial charge in [0.2, 0.25) is 0 Å². The molecule has 0 aliphatic heterocycles. The molecule has 0 fully saturated rings. The Morgan fingerprint density at radius 3 is 2.78 bits per heavy atom. The van der Waals surface area contributed by atoms with Gasteiger partial charge in [0.05, 0.1) is 19.0 Å². The third kappa shape index (κ3) is 3.20. The van der Waals surface area contributed by atoms with Crippen molar-refractivity contribution in [3.8, 4) is 5.75 Å². The van der Waals surface area contributed by atoms with E-state index in [2.05, 4.69) is 26.2 Å². The zero-order chi connectivity index (χ0) is 13.0. The van der Waals surface area contributed by atoms with E-state index in [0.717, 1.165) is 15.9 Å². The summed E-state index contributed by atoms with van der Waals surface area (Å²) in [5.41, 5.74) is 1.73. The molecule has 0 aliphatic carbocycles. The average molecular weight is 311 g/mol. The number of methoxy groups -OCH3 is 1. The molecular weight excluding hydrogens is 299 g/mol. The number of hydrogen-bond acceptors (Lipinski definition) is 3. The zero-order valence-electron chi connectivity index (χ0n) is 9.78. The fourth-order valence-corrected chi connectivity index (χ4v) is 1.74. The fourth-order valence-electron chi connectivity index (χ4n) is 1.50. The molecule has 0 unspecified atom stereocenters. The van der Waals surface area contributed by atoms with Crippen molar-refractivity contribution in [2.24, 2.45) is 0 Å². The topological polar surface area (TPSA) is 34.1 Å². The minimum atomic E-state index is -0.356. The van der Waals surface area contributed by atoms with Crippen LogP contribution in [0.4, 0.5) is 10.1 Å². The molecular formula is C13H12BrFN2O. The van der Waals surface area contributed by atoms with Crippen LogP contribution in [0.2, 0.25) is 0 Å². The maximum atomic E-state index is 13.5. The molecule has 0 amide bonds. The summed E-state index contributed by atoms with van der Waals surface area (Å²) in [6.07, 6.45) is 1.71. The number of halogens is 2. The lowest BCUT2D eigenvalue weighted by Crippen LogP contribution is -2.00. The van der Waals surface area contributed by atoms with Crippen LogP contribution in [0.3, 0.4) is 0 Å². The summed E-state index contributed by atoms with van der Waals surface area (Å²) in [6.45, 7) is 0.532. The largest absolute Gasteiger partial charge is 0.494 e. The third-order valence-electron chi connectivity index (χ3n) is 2.44. The Labute approximate surface area is 113 Å². The number of benzene rings is 1. The van der Waals surface area contributed by atoms with E-state index in [0.29, 0.717) is 6.54 Å². The summed E-state index contributed by atoms with van der Waals surface area (Å²) in [6, 6.07) is 8.64. The molecule has 94 valence electrons. The monoisotopic (exact) mass is 310 g/mol. The van der Waals surface area contributed by atoms with Gasteiger partial charge in [0.1, 0.15) is 4.60 Å². The highest BCUT2D eigenvalue weighted by molar-refractivity contribution is 9.10. The predicted molar refractivity (Wildman–Crippen MR) is 72.2 cm³/mol. The molecule has 0 radical (unpaired) electrons. The van der Waals surface area contributed by atoms with Crippen molar-refractivity contribution in [1.29, 1.82) is 0 Å². The van der Waals surface area contributed by atoms with Crippen LogP contribution in [-0.2, 0) is 6.54 Å². The van der Waals surface area contributed by atoms with E-state index in [1.54, 1.807) is 12.3 Å². The van der Waals surface area contributed by atoms with Crippen molar-refractivity contribution in [3.63, 3.8) is 0 Å². The summed E-state index contributed by atoms with van der Waals surface area (Å²) >= 11 is 3.26. The van der Waals surface area contributed by atoms with E-state index in [1.807, 2.05) is 18.2 Å². The number of pyridine rings is 1. The summed E-state index contributed by atoms with van der Waals surface area (Å²) < 4.78 is 19.1. The van der Waals surface area contributed by atoms with Crippen molar-refractivity contribution in [2.45, 2.75) is 6.54 Å². The van der Waals surface area contributed by atoms with Gasteiger partial charge in [-0.05, 0) is 45.8 Å². The lowest BCUT2D eigenvalue weighted by atomic mass is 10.2. The molecule has 2 aromatic rings. The molecule has 1 aromatic heterocycles. The highest BCUT2D eigenvalue weighted by Crippen LogP contribution is 2.18. The van der Waals surface area contributed by atoms with E-state index in [9.17, 15) is 4.39 Å². The average Bonchev–Trinajstić information content (AvgIpc) is 2.38. The van der Waals surface area contributed by atoms with Gasteiger partial charge in [-0.15, -0.1) is 0 Å². The summed E-state index contributed by atoms with van der Waals surface area (Å²) in [7, 11) is 1.45. The normalized spacial score (nSPS) is 10.2. The van der Waals surface area contributed by atoms with Crippen LogP contribution in [0, 0.1) is 5.82 Å². The molecule has 1 N–H and O–H groups in total. The van der Waals surface area contributed by atoms with Gasteiger partial charge in [0.15, 0.2) is 11.6 Å². The number of rotatable bonds is 4. The molecule has 1 aromatic carbocycles. The van der Waals surface area contributed by atoms with Crippen LogP contribution >= 0.6 is 15.9 Å². The smallest absolute Gasteiger partial charge is 0.165 e. The molecule has 2 rings (SSSR count). The van der Waals surface area contributed by atoms with Crippen molar-refractivity contribution in [1.82, 2.24) is 4.98 Å². The number of hydrogen-bond donors (Lipinski definition) is 1. The second-order valence-corrected chi connectivity index (χ2v) is 4.50. The highest BCUT2D eigenvalue weighted by atomic mass is 79.9. The van der Waals surface area contributed by atoms with E-state index < -0.39 is 0 Å². The van der Waals surface area contributed by atoms with Gasteiger partial charge in [-0.25, -0.2) is 9.37 Å². The molecule has 0 bridgehead atoms. The maximum absolute atomic E-state index is 13.5. The van der Waals surface area contributed by atoms with Gasteiger partial charge in [0, 0.05) is 6.54 Å². The lowest BCUT2D eigenvalue weighted by molar-refractivity contribution is 0.386. The van der Waals surface area contributed by atoms with Crippen LogP contribution in [0.25, 0.3) is 0 Å². The van der Waals surface area contributed by atoms with Crippen LogP contribution in [0.15, 0.2) is 41.1 Å². The highest BCUT2D eigenvalue weighted by Gasteiger charge is 2.03. The Bertz CT molecular complexity index is 531. The summed E-state index contributed by atoms with van der Waals surface area (Å²) in [5.74, 6) is -0.102. The predicted octanol–water partition coefficient (Wildman–Crippen LogP) is 3.60. The Kier molecular flexibility index (Phi) is 4.15. The second kappa shape index (κ2) is 5.82. The number of aromatic nitrogens is 1. The zero-order valence-corrected chi connectivity index (χ0v) is 11.4. The molecule has 0 spiro atoms. The molecule has 18 heavy (non-hydrogen) atoms. The van der Waals surface area contributed by atoms with E-state index in [1.165, 1.54) is 13.2 Å². The van der Waals surface area contributed by atoms with Gasteiger partial charge in [-0.3, -0.25) is 0 Å². The van der Waals surface area contributed by atoms with E-state index >= 15 is 0 Å². The first-order valence-electron chi connectivity index (χ1n) is 5.37. The SMILES string of the molecule is COc1ccc(CNc2ccc(Br)nc2)cc1F. The first-order chi connectivity index (χ1) is 8.69. The van der Waals surface area contributed by atoms with Crippen LogP contribution in [0.5, 0.6) is 5.75 Å². The second-order valence-electron chi connectivity index (χ2n) is 3.69. The summed E-state index contributed by atoms with van der Waals surface area (Å²) in [5, 5.41) is 3.16. The van der Waals surface area contributed by atoms with Gasteiger partial charge in [0.25, 0.3) is 0 Å². The van der Waals surface area contributed by atoms with Crippen LogP contribution in [0.1, 0.15) is 5.56 Å². The number of ether oxygens (including phenoxy) is 1. The van der Waals surface area contributed by atoms with E-state index in [-0.39, 0.29) is 11.6 Å². The molecule has 0 aliphatic rings. The van der Waals surface area contributed by atoms with Crippen molar-refractivity contribution >= 4 is 21.6 Å². The Balaban J connectivity index is 2.02. The molecule has 0 saturated carbocycles. The number of anilines is 1. The summed E-state index contributed by atoms with van der Waals surface area (Å²) in [4.78, 5) is 4.10. The molecule has 3 nitrogen and oxygen atoms in total. The maximum Gasteiger partial charge on any atom is 0.165 e. The minimum Gasteiger partial charge on any atom is -0.494 e. The van der Waals surface area contributed by atoms with Gasteiger partial charge >= 0.3 is 0 Å². The quantitative estimate of drug-likeness (QED) is 0.876. The number of nitrogens with one attached hydrogen (secondary N) is 1. The van der Waals surface area contributed by atoms with Crippen molar-refractivity contribution in [3.05, 3.63) is 52.5 Å². The minimum absolute atomic E-state index is 0.254. The Morgan fingerprint density at radius 2 is 2.17 bits per heavy atom. The fraction of sp³-hybridized carbons (Fsp3) is 0.154. The van der Waals surface area contributed by atoms with Crippen LogP contribution < -0.4 is 10.1 Å². The van der Waals surface area contributed by atoms with Crippen LogP contribution in [-0.4, -0.2) is 12.1 Å². The van der Waals surface area contributed by atoms with Gasteiger partial charge in [-0.1, -0.05) is 6.07 Å². The Hall–Kier alpha value is -1.62. The van der Waals surface area contributed by atoms with Gasteiger partial charge < -0.3 is 10.1 Å². The standard InChI is InChI=1S/C13H12BrFN2O/c1-18-12-4-2-9(6-11(12)15)7-16-10-3-5-13(14)17-8-10/h2-6,8,16H,7H2,1H3. The molecule has 0 atom stereocenters. The van der Waals surface area contributed by atoms with E-state index in [4.69, 9.17) is 4.74 Å².